The maximum absolute atomic E-state index is 11.2. The third kappa shape index (κ3) is 9.59. The number of carbonyl (C=O) groups is 3. The highest BCUT2D eigenvalue weighted by Gasteiger charge is 2.13. The molecule has 0 aromatic heterocycles. The summed E-state index contributed by atoms with van der Waals surface area (Å²) in [6.07, 6.45) is 0.981. The molecule has 4 N–H and O–H groups in total. The Morgan fingerprint density at radius 3 is 2.33 bits per heavy atom. The van der Waals surface area contributed by atoms with E-state index in [4.69, 9.17) is 10.2 Å². The lowest BCUT2D eigenvalue weighted by Gasteiger charge is -2.07. The average Bonchev–Trinajstić information content (AvgIpc) is 2.29. The predicted molar refractivity (Wildman–Crippen MR) is 63.8 cm³/mol. The van der Waals surface area contributed by atoms with E-state index in [9.17, 15) is 14.4 Å². The summed E-state index contributed by atoms with van der Waals surface area (Å²) in [6, 6.07) is 0. The number of aliphatic hydroxyl groups is 1. The number of hydrogen-bond acceptors (Lipinski definition) is 4. The number of amides is 2. The zero-order valence-corrected chi connectivity index (χ0v) is 10.4. The van der Waals surface area contributed by atoms with E-state index in [2.05, 4.69) is 10.6 Å². The molecule has 7 heteroatoms. The molecule has 0 saturated carbocycles. The van der Waals surface area contributed by atoms with E-state index in [1.54, 1.807) is 0 Å². The van der Waals surface area contributed by atoms with Crippen molar-refractivity contribution in [2.24, 2.45) is 0 Å². The summed E-state index contributed by atoms with van der Waals surface area (Å²) < 4.78 is 0. The lowest BCUT2D eigenvalue weighted by atomic mass is 10.2. The molecule has 0 aliphatic rings. The van der Waals surface area contributed by atoms with Crippen LogP contribution in [0.25, 0.3) is 0 Å². The van der Waals surface area contributed by atoms with Crippen molar-refractivity contribution in [3.8, 4) is 0 Å². The zero-order chi connectivity index (χ0) is 14.0. The molecule has 0 radical (unpaired) electrons. The maximum atomic E-state index is 11.2. The molecule has 1 atom stereocenters. The predicted octanol–water partition coefficient (Wildman–Crippen LogP) is -0.755. The van der Waals surface area contributed by atoms with Gasteiger partial charge in [-0.1, -0.05) is 6.42 Å². The Morgan fingerprint density at radius 2 is 1.78 bits per heavy atom. The second kappa shape index (κ2) is 9.41. The molecule has 0 fully saturated rings. The van der Waals surface area contributed by atoms with Gasteiger partial charge in [0.2, 0.25) is 11.8 Å². The largest absolute Gasteiger partial charge is 0.479 e. The number of hydrogen-bond donors (Lipinski definition) is 4. The van der Waals surface area contributed by atoms with Gasteiger partial charge in [-0.2, -0.15) is 0 Å². The number of nitrogens with one attached hydrogen (secondary N) is 2. The first kappa shape index (κ1) is 16.4. The fourth-order valence-electron chi connectivity index (χ4n) is 1.24. The van der Waals surface area contributed by atoms with Crippen molar-refractivity contribution < 1.29 is 24.6 Å². The quantitative estimate of drug-likeness (QED) is 0.407. The van der Waals surface area contributed by atoms with Crippen LogP contribution in [0.2, 0.25) is 0 Å². The summed E-state index contributed by atoms with van der Waals surface area (Å²) in [5.74, 6) is -1.71. The second-order valence-corrected chi connectivity index (χ2v) is 3.95. The molecule has 0 saturated heterocycles. The van der Waals surface area contributed by atoms with Crippen LogP contribution in [-0.2, 0) is 14.4 Å². The Kier molecular flexibility index (Phi) is 8.55. The second-order valence-electron chi connectivity index (χ2n) is 3.95. The number of carboxylic acids is 1. The Labute approximate surface area is 106 Å². The minimum Gasteiger partial charge on any atom is -0.479 e. The van der Waals surface area contributed by atoms with Gasteiger partial charge in [0.05, 0.1) is 6.54 Å². The van der Waals surface area contributed by atoms with Crippen molar-refractivity contribution >= 4 is 17.8 Å². The average molecular weight is 260 g/mol. The van der Waals surface area contributed by atoms with Gasteiger partial charge in [-0.25, -0.2) is 4.79 Å². The Bertz CT molecular complexity index is 293. The van der Waals surface area contributed by atoms with Gasteiger partial charge < -0.3 is 20.8 Å². The molecule has 0 aliphatic heterocycles. The molecule has 2 amide bonds. The van der Waals surface area contributed by atoms with Gasteiger partial charge in [0.15, 0.2) is 6.10 Å². The van der Waals surface area contributed by atoms with Crippen LogP contribution in [0.4, 0.5) is 0 Å². The number of carboxylic acid groups (broad SMARTS) is 1. The molecule has 0 aromatic carbocycles. The number of rotatable bonds is 9. The van der Waals surface area contributed by atoms with Crippen LogP contribution in [0.15, 0.2) is 0 Å². The van der Waals surface area contributed by atoms with E-state index in [-0.39, 0.29) is 24.8 Å². The van der Waals surface area contributed by atoms with E-state index in [1.807, 2.05) is 0 Å². The molecule has 104 valence electrons. The number of unbranched alkanes of at least 4 members (excludes halogenated alkanes) is 2. The molecule has 0 heterocycles. The summed E-state index contributed by atoms with van der Waals surface area (Å²) in [4.78, 5) is 32.0. The lowest BCUT2D eigenvalue weighted by Crippen LogP contribution is -2.36. The summed E-state index contributed by atoms with van der Waals surface area (Å²) in [6.45, 7) is 1.76. The van der Waals surface area contributed by atoms with Gasteiger partial charge in [0.1, 0.15) is 0 Å². The van der Waals surface area contributed by atoms with Crippen molar-refractivity contribution in [1.29, 1.82) is 0 Å². The van der Waals surface area contributed by atoms with Gasteiger partial charge in [0.25, 0.3) is 0 Å². The van der Waals surface area contributed by atoms with Gasteiger partial charge >= 0.3 is 5.97 Å². The molecular weight excluding hydrogens is 240 g/mol. The number of carbonyl (C=O) groups excluding carboxylic acids is 2. The van der Waals surface area contributed by atoms with Crippen LogP contribution in [0.1, 0.15) is 32.6 Å². The first-order valence-corrected chi connectivity index (χ1v) is 5.85. The van der Waals surface area contributed by atoms with Crippen molar-refractivity contribution in [1.82, 2.24) is 10.6 Å². The van der Waals surface area contributed by atoms with Crippen LogP contribution in [0.5, 0.6) is 0 Å². The summed E-state index contributed by atoms with van der Waals surface area (Å²) in [5, 5.41) is 22.3. The highest BCUT2D eigenvalue weighted by molar-refractivity contribution is 5.77. The van der Waals surface area contributed by atoms with E-state index in [0.29, 0.717) is 13.0 Å². The zero-order valence-electron chi connectivity index (χ0n) is 10.4. The molecule has 7 nitrogen and oxygen atoms in total. The van der Waals surface area contributed by atoms with Crippen molar-refractivity contribution in [3.05, 3.63) is 0 Å². The topological polar surface area (TPSA) is 116 Å². The van der Waals surface area contributed by atoms with E-state index < -0.39 is 12.1 Å². The smallest absolute Gasteiger partial charge is 0.334 e. The summed E-state index contributed by atoms with van der Waals surface area (Å²) >= 11 is 0. The number of aliphatic hydroxyl groups excluding tert-OH is 1. The Morgan fingerprint density at radius 1 is 1.11 bits per heavy atom. The normalized spacial score (nSPS) is 11.7. The fourth-order valence-corrected chi connectivity index (χ4v) is 1.24. The standard InChI is InChI=1S/C11H20N2O5/c1-8(14)12-6-4-2-3-5-10(16)13-7-9(15)11(17)18/h9,15H,2-7H2,1H3,(H,12,14)(H,13,16)(H,17,18). The maximum Gasteiger partial charge on any atom is 0.334 e. The van der Waals surface area contributed by atoms with Crippen molar-refractivity contribution in [2.45, 2.75) is 38.7 Å². The highest BCUT2D eigenvalue weighted by Crippen LogP contribution is 1.98. The third-order valence-corrected chi connectivity index (χ3v) is 2.23. The Hall–Kier alpha value is -1.63. The molecule has 0 rings (SSSR count). The molecule has 1 unspecified atom stereocenters. The SMILES string of the molecule is CC(=O)NCCCCCC(=O)NCC(O)C(=O)O. The minimum absolute atomic E-state index is 0.0737. The van der Waals surface area contributed by atoms with E-state index >= 15 is 0 Å². The first-order chi connectivity index (χ1) is 8.43. The fraction of sp³-hybridized carbons (Fsp3) is 0.727. The van der Waals surface area contributed by atoms with Gasteiger partial charge in [-0.15, -0.1) is 0 Å². The molecule has 0 spiro atoms. The monoisotopic (exact) mass is 260 g/mol. The van der Waals surface area contributed by atoms with Gasteiger partial charge in [0, 0.05) is 19.9 Å². The molecule has 0 aromatic rings. The van der Waals surface area contributed by atoms with Crippen molar-refractivity contribution in [2.75, 3.05) is 13.1 Å². The minimum atomic E-state index is -1.56. The van der Waals surface area contributed by atoms with Crippen LogP contribution in [0.3, 0.4) is 0 Å². The van der Waals surface area contributed by atoms with Crippen molar-refractivity contribution in [3.63, 3.8) is 0 Å². The summed E-state index contributed by atoms with van der Waals surface area (Å²) in [5.41, 5.74) is 0. The van der Waals surface area contributed by atoms with Gasteiger partial charge in [-0.05, 0) is 12.8 Å². The van der Waals surface area contributed by atoms with Crippen LogP contribution in [-0.4, -0.2) is 47.2 Å². The summed E-state index contributed by atoms with van der Waals surface area (Å²) in [7, 11) is 0. The van der Waals surface area contributed by atoms with Gasteiger partial charge in [-0.3, -0.25) is 9.59 Å². The molecule has 0 aliphatic carbocycles. The highest BCUT2D eigenvalue weighted by atomic mass is 16.4. The molecule has 0 bridgehead atoms. The molecular formula is C11H20N2O5. The lowest BCUT2D eigenvalue weighted by molar-refractivity contribution is -0.146. The van der Waals surface area contributed by atoms with Crippen LogP contribution in [0, 0.1) is 0 Å². The van der Waals surface area contributed by atoms with E-state index in [1.165, 1.54) is 6.92 Å². The third-order valence-electron chi connectivity index (χ3n) is 2.23. The van der Waals surface area contributed by atoms with Crippen LogP contribution >= 0.6 is 0 Å². The molecule has 18 heavy (non-hydrogen) atoms. The number of aliphatic carboxylic acids is 1. The van der Waals surface area contributed by atoms with Crippen LogP contribution < -0.4 is 10.6 Å². The first-order valence-electron chi connectivity index (χ1n) is 5.85. The Balaban J connectivity index is 3.43. The van der Waals surface area contributed by atoms with E-state index in [0.717, 1.165) is 12.8 Å².